The van der Waals surface area contributed by atoms with Crippen molar-refractivity contribution in [2.24, 2.45) is 0 Å². The maximum Gasteiger partial charge on any atom is 0.416 e. The van der Waals surface area contributed by atoms with Crippen LogP contribution in [0.1, 0.15) is 11.1 Å². The normalized spacial score (nSPS) is 11.1. The number of benzene rings is 2. The van der Waals surface area contributed by atoms with E-state index in [1.54, 1.807) is 0 Å². The average Bonchev–Trinajstić information content (AvgIpc) is 2.61. The Bertz CT molecular complexity index is 671. The van der Waals surface area contributed by atoms with E-state index in [1.807, 2.05) is 33.3 Å². The second-order valence-corrected chi connectivity index (χ2v) is 5.57. The second-order valence-electron chi connectivity index (χ2n) is 5.57. The molecule has 7 heteroatoms. The Labute approximate surface area is 145 Å². The first-order valence-corrected chi connectivity index (χ1v) is 8.00. The quantitative estimate of drug-likeness (QED) is 0.593. The van der Waals surface area contributed by atoms with Gasteiger partial charge >= 0.3 is 6.18 Å². The summed E-state index contributed by atoms with van der Waals surface area (Å²) in [4.78, 5) is 0. The largest absolute Gasteiger partial charge is 0.416 e. The minimum atomic E-state index is -4.30. The first-order chi connectivity index (χ1) is 11.9. The number of halogens is 3. The van der Waals surface area contributed by atoms with Crippen LogP contribution in [0.3, 0.4) is 0 Å². The predicted molar refractivity (Wildman–Crippen MR) is 98.7 cm³/mol. The number of anilines is 4. The van der Waals surface area contributed by atoms with E-state index in [-0.39, 0.29) is 0 Å². The first-order valence-electron chi connectivity index (χ1n) is 8.00. The van der Waals surface area contributed by atoms with Crippen molar-refractivity contribution in [1.29, 1.82) is 0 Å². The maximum atomic E-state index is 12.6. The molecule has 2 aromatic rings. The molecule has 0 unspecified atom stereocenters. The molecule has 0 amide bonds. The standard InChI is InChI=1S/C18H23F3N4/c1-22-14-10-15(23-2)17(16(11-14)24-3)25-9-8-12-4-6-13(7-5-12)18(19,20)21/h4-7,10-11,22-25H,8-9H2,1-3H3. The van der Waals surface area contributed by atoms with Gasteiger partial charge in [0, 0.05) is 33.4 Å². The Morgan fingerprint density at radius 2 is 1.40 bits per heavy atom. The van der Waals surface area contributed by atoms with Crippen molar-refractivity contribution in [2.75, 3.05) is 49.0 Å². The molecule has 0 aliphatic rings. The van der Waals surface area contributed by atoms with Crippen molar-refractivity contribution >= 4 is 22.7 Å². The number of alkyl halides is 3. The summed E-state index contributed by atoms with van der Waals surface area (Å²) >= 11 is 0. The van der Waals surface area contributed by atoms with Crippen molar-refractivity contribution in [3.8, 4) is 0 Å². The van der Waals surface area contributed by atoms with Crippen LogP contribution >= 0.6 is 0 Å². The van der Waals surface area contributed by atoms with Crippen LogP contribution in [0.15, 0.2) is 36.4 Å². The average molecular weight is 352 g/mol. The molecule has 0 aromatic heterocycles. The van der Waals surface area contributed by atoms with Crippen molar-refractivity contribution in [3.05, 3.63) is 47.5 Å². The van der Waals surface area contributed by atoms with Crippen LogP contribution in [0.5, 0.6) is 0 Å². The maximum absolute atomic E-state index is 12.6. The van der Waals surface area contributed by atoms with Crippen molar-refractivity contribution < 1.29 is 13.2 Å². The van der Waals surface area contributed by atoms with Gasteiger partial charge in [0.15, 0.2) is 0 Å². The fourth-order valence-electron chi connectivity index (χ4n) is 2.56. The fraction of sp³-hybridized carbons (Fsp3) is 0.333. The predicted octanol–water partition coefficient (Wildman–Crippen LogP) is 4.49. The Kier molecular flexibility index (Phi) is 6.01. The van der Waals surface area contributed by atoms with E-state index in [2.05, 4.69) is 21.3 Å². The zero-order valence-electron chi connectivity index (χ0n) is 14.5. The molecular weight excluding hydrogens is 329 g/mol. The van der Waals surface area contributed by atoms with Gasteiger partial charge in [-0.1, -0.05) is 12.1 Å². The van der Waals surface area contributed by atoms with Gasteiger partial charge in [-0.25, -0.2) is 0 Å². The zero-order valence-corrected chi connectivity index (χ0v) is 14.5. The lowest BCUT2D eigenvalue weighted by Crippen LogP contribution is -2.10. The van der Waals surface area contributed by atoms with E-state index in [1.165, 1.54) is 12.1 Å². The van der Waals surface area contributed by atoms with Gasteiger partial charge in [-0.15, -0.1) is 0 Å². The summed E-state index contributed by atoms with van der Waals surface area (Å²) in [5.74, 6) is 0. The molecule has 0 atom stereocenters. The molecule has 0 saturated heterocycles. The topological polar surface area (TPSA) is 48.1 Å². The molecule has 4 nitrogen and oxygen atoms in total. The Balaban J connectivity index is 2.06. The molecule has 0 spiro atoms. The fourth-order valence-corrected chi connectivity index (χ4v) is 2.56. The summed E-state index contributed by atoms with van der Waals surface area (Å²) in [5, 5.41) is 12.8. The summed E-state index contributed by atoms with van der Waals surface area (Å²) in [5.41, 5.74) is 4.00. The summed E-state index contributed by atoms with van der Waals surface area (Å²) in [6, 6.07) is 9.26. The number of hydrogen-bond acceptors (Lipinski definition) is 4. The lowest BCUT2D eigenvalue weighted by Gasteiger charge is -2.18. The Hall–Kier alpha value is -2.57. The molecule has 0 radical (unpaired) electrons. The third-order valence-electron chi connectivity index (χ3n) is 3.96. The minimum Gasteiger partial charge on any atom is -0.388 e. The van der Waals surface area contributed by atoms with E-state index in [0.717, 1.165) is 40.4 Å². The van der Waals surface area contributed by atoms with Crippen LogP contribution in [-0.2, 0) is 12.6 Å². The SMILES string of the molecule is CNc1cc(NC)c(NCCc2ccc(C(F)(F)F)cc2)c(NC)c1. The van der Waals surface area contributed by atoms with Gasteiger partial charge < -0.3 is 21.3 Å². The monoisotopic (exact) mass is 352 g/mol. The van der Waals surface area contributed by atoms with Crippen LogP contribution in [0.4, 0.5) is 35.9 Å². The molecule has 2 rings (SSSR count). The van der Waals surface area contributed by atoms with Gasteiger partial charge in [-0.05, 0) is 36.2 Å². The van der Waals surface area contributed by atoms with Crippen LogP contribution in [0.2, 0.25) is 0 Å². The number of hydrogen-bond donors (Lipinski definition) is 4. The summed E-state index contributed by atoms with van der Waals surface area (Å²) in [6.45, 7) is 0.605. The third kappa shape index (κ3) is 4.71. The molecule has 0 heterocycles. The highest BCUT2D eigenvalue weighted by molar-refractivity contribution is 5.86. The van der Waals surface area contributed by atoms with Crippen molar-refractivity contribution in [2.45, 2.75) is 12.6 Å². The van der Waals surface area contributed by atoms with Gasteiger partial charge in [0.25, 0.3) is 0 Å². The molecule has 2 aromatic carbocycles. The summed E-state index contributed by atoms with van der Waals surface area (Å²) < 4.78 is 37.8. The highest BCUT2D eigenvalue weighted by atomic mass is 19.4. The van der Waals surface area contributed by atoms with Gasteiger partial charge in [-0.3, -0.25) is 0 Å². The molecule has 136 valence electrons. The van der Waals surface area contributed by atoms with E-state index in [4.69, 9.17) is 0 Å². The molecule has 0 aliphatic heterocycles. The molecule has 25 heavy (non-hydrogen) atoms. The second kappa shape index (κ2) is 8.00. The molecule has 4 N–H and O–H groups in total. The summed E-state index contributed by atoms with van der Waals surface area (Å²) in [7, 11) is 5.54. The first kappa shape index (κ1) is 18.8. The molecule has 0 bridgehead atoms. The van der Waals surface area contributed by atoms with E-state index in [0.29, 0.717) is 13.0 Å². The lowest BCUT2D eigenvalue weighted by molar-refractivity contribution is -0.137. The van der Waals surface area contributed by atoms with Crippen LogP contribution in [-0.4, -0.2) is 27.7 Å². The molecular formula is C18H23F3N4. The minimum absolute atomic E-state index is 0.605. The lowest BCUT2D eigenvalue weighted by atomic mass is 10.1. The highest BCUT2D eigenvalue weighted by Gasteiger charge is 2.29. The third-order valence-corrected chi connectivity index (χ3v) is 3.96. The molecule has 0 saturated carbocycles. The van der Waals surface area contributed by atoms with Crippen LogP contribution < -0.4 is 21.3 Å². The smallest absolute Gasteiger partial charge is 0.388 e. The molecule has 0 fully saturated rings. The molecule has 0 aliphatic carbocycles. The van der Waals surface area contributed by atoms with Crippen LogP contribution in [0.25, 0.3) is 0 Å². The van der Waals surface area contributed by atoms with Gasteiger partial charge in [0.2, 0.25) is 0 Å². The van der Waals surface area contributed by atoms with E-state index < -0.39 is 11.7 Å². The van der Waals surface area contributed by atoms with Crippen LogP contribution in [0, 0.1) is 0 Å². The van der Waals surface area contributed by atoms with Crippen molar-refractivity contribution in [1.82, 2.24) is 0 Å². The number of nitrogens with one attached hydrogen (secondary N) is 4. The Morgan fingerprint density at radius 1 is 0.840 bits per heavy atom. The van der Waals surface area contributed by atoms with Gasteiger partial charge in [0.05, 0.1) is 22.6 Å². The highest BCUT2D eigenvalue weighted by Crippen LogP contribution is 2.34. The van der Waals surface area contributed by atoms with E-state index >= 15 is 0 Å². The van der Waals surface area contributed by atoms with Crippen molar-refractivity contribution in [3.63, 3.8) is 0 Å². The zero-order chi connectivity index (χ0) is 18.4. The van der Waals surface area contributed by atoms with Gasteiger partial charge in [-0.2, -0.15) is 13.2 Å². The Morgan fingerprint density at radius 3 is 1.84 bits per heavy atom. The van der Waals surface area contributed by atoms with E-state index in [9.17, 15) is 13.2 Å². The van der Waals surface area contributed by atoms with Gasteiger partial charge in [0.1, 0.15) is 0 Å². The summed E-state index contributed by atoms with van der Waals surface area (Å²) in [6.07, 6.45) is -3.67. The number of rotatable bonds is 7.